The first-order valence-electron chi connectivity index (χ1n) is 7.85. The number of carbonyl (C=O) groups excluding carboxylic acids is 1. The number of urea groups is 1. The van der Waals surface area contributed by atoms with Crippen molar-refractivity contribution >= 4 is 12.0 Å². The first-order valence-corrected chi connectivity index (χ1v) is 7.85. The van der Waals surface area contributed by atoms with Gasteiger partial charge in [-0.3, -0.25) is 4.79 Å². The van der Waals surface area contributed by atoms with Gasteiger partial charge in [0.1, 0.15) is 0 Å². The van der Waals surface area contributed by atoms with Crippen LogP contribution in [0.1, 0.15) is 58.3 Å². The molecule has 0 aromatic rings. The number of nitrogens with zero attached hydrogens (tertiary/aromatic N) is 1. The Labute approximate surface area is 120 Å². The number of carbonyl (C=O) groups is 2. The molecular weight excluding hydrogens is 256 g/mol. The number of piperidine rings is 1. The van der Waals surface area contributed by atoms with Crippen LogP contribution < -0.4 is 5.32 Å². The van der Waals surface area contributed by atoms with Crippen LogP contribution in [0.2, 0.25) is 0 Å². The van der Waals surface area contributed by atoms with Crippen molar-refractivity contribution in [3.63, 3.8) is 0 Å². The van der Waals surface area contributed by atoms with E-state index in [0.29, 0.717) is 6.42 Å². The summed E-state index contributed by atoms with van der Waals surface area (Å²) in [5, 5.41) is 11.9. The van der Waals surface area contributed by atoms with Gasteiger partial charge < -0.3 is 15.3 Å². The molecule has 2 N–H and O–H groups in total. The second-order valence-electron chi connectivity index (χ2n) is 6.31. The SMILES string of the molecule is CC(CC1CC1)NC(=O)N1CCCCC1CCC(=O)O. The van der Waals surface area contributed by atoms with E-state index in [9.17, 15) is 9.59 Å². The number of aliphatic carboxylic acids is 1. The van der Waals surface area contributed by atoms with Crippen molar-refractivity contribution in [3.8, 4) is 0 Å². The Kier molecular flexibility index (Phi) is 5.26. The molecule has 0 aromatic carbocycles. The summed E-state index contributed by atoms with van der Waals surface area (Å²) in [6.45, 7) is 2.82. The molecule has 2 rings (SSSR count). The van der Waals surface area contributed by atoms with Crippen LogP contribution in [0.3, 0.4) is 0 Å². The summed E-state index contributed by atoms with van der Waals surface area (Å²) >= 11 is 0. The average molecular weight is 282 g/mol. The number of likely N-dealkylation sites (tertiary alicyclic amines) is 1. The van der Waals surface area contributed by atoms with Crippen molar-refractivity contribution in [2.24, 2.45) is 5.92 Å². The minimum absolute atomic E-state index is 0.00626. The Morgan fingerprint density at radius 1 is 1.30 bits per heavy atom. The number of amides is 2. The van der Waals surface area contributed by atoms with Crippen molar-refractivity contribution < 1.29 is 14.7 Å². The molecule has 5 heteroatoms. The lowest BCUT2D eigenvalue weighted by Gasteiger charge is -2.36. The molecule has 20 heavy (non-hydrogen) atoms. The van der Waals surface area contributed by atoms with Crippen molar-refractivity contribution in [1.82, 2.24) is 10.2 Å². The predicted octanol–water partition coefficient (Wildman–Crippen LogP) is 2.60. The largest absolute Gasteiger partial charge is 0.481 e. The third kappa shape index (κ3) is 4.69. The van der Waals surface area contributed by atoms with Gasteiger partial charge in [-0.1, -0.05) is 12.8 Å². The Morgan fingerprint density at radius 2 is 2.05 bits per heavy atom. The van der Waals surface area contributed by atoms with E-state index in [1.807, 2.05) is 4.90 Å². The zero-order chi connectivity index (χ0) is 14.5. The van der Waals surface area contributed by atoms with Crippen molar-refractivity contribution in [2.75, 3.05) is 6.54 Å². The third-order valence-corrected chi connectivity index (χ3v) is 4.33. The second-order valence-corrected chi connectivity index (χ2v) is 6.31. The highest BCUT2D eigenvalue weighted by molar-refractivity contribution is 5.75. The number of carboxylic acids is 1. The molecule has 2 atom stereocenters. The van der Waals surface area contributed by atoms with E-state index in [1.165, 1.54) is 12.8 Å². The Morgan fingerprint density at radius 3 is 2.70 bits per heavy atom. The molecule has 0 spiro atoms. The Hall–Kier alpha value is -1.26. The quantitative estimate of drug-likeness (QED) is 0.786. The number of hydrogen-bond acceptors (Lipinski definition) is 2. The highest BCUT2D eigenvalue weighted by atomic mass is 16.4. The molecule has 1 aliphatic carbocycles. The molecule has 1 saturated heterocycles. The van der Waals surface area contributed by atoms with E-state index in [1.54, 1.807) is 0 Å². The fraction of sp³-hybridized carbons (Fsp3) is 0.867. The summed E-state index contributed by atoms with van der Waals surface area (Å²) in [6.07, 6.45) is 7.42. The molecule has 0 bridgehead atoms. The van der Waals surface area contributed by atoms with Crippen molar-refractivity contribution in [1.29, 1.82) is 0 Å². The normalized spacial score (nSPS) is 24.2. The Bertz CT molecular complexity index is 355. The summed E-state index contributed by atoms with van der Waals surface area (Å²) in [6, 6.07) is 0.304. The van der Waals surface area contributed by atoms with Gasteiger partial charge in [0.2, 0.25) is 0 Å². The topological polar surface area (TPSA) is 69.6 Å². The third-order valence-electron chi connectivity index (χ3n) is 4.33. The first kappa shape index (κ1) is 15.1. The van der Waals surface area contributed by atoms with Gasteiger partial charge in [-0.2, -0.15) is 0 Å². The summed E-state index contributed by atoms with van der Waals surface area (Å²) in [5.41, 5.74) is 0. The molecule has 5 nitrogen and oxygen atoms in total. The zero-order valence-corrected chi connectivity index (χ0v) is 12.3. The standard InChI is InChI=1S/C15H26N2O3/c1-11(10-12-5-6-12)16-15(20)17-9-3-2-4-13(17)7-8-14(18)19/h11-13H,2-10H2,1H3,(H,16,20)(H,18,19). The van der Waals surface area contributed by atoms with Crippen LogP contribution in [0.5, 0.6) is 0 Å². The fourth-order valence-corrected chi connectivity index (χ4v) is 3.06. The van der Waals surface area contributed by atoms with Crippen LogP contribution in [0, 0.1) is 5.92 Å². The molecule has 1 heterocycles. The minimum Gasteiger partial charge on any atom is -0.481 e. The van der Waals surface area contributed by atoms with Crippen LogP contribution in [0.25, 0.3) is 0 Å². The second kappa shape index (κ2) is 6.95. The van der Waals surface area contributed by atoms with Crippen molar-refractivity contribution in [3.05, 3.63) is 0 Å². The molecular formula is C15H26N2O3. The van der Waals surface area contributed by atoms with Gasteiger partial charge >= 0.3 is 12.0 Å². The lowest BCUT2D eigenvalue weighted by atomic mass is 9.98. The zero-order valence-electron chi connectivity index (χ0n) is 12.3. The number of carboxylic acid groups (broad SMARTS) is 1. The summed E-state index contributed by atoms with van der Waals surface area (Å²) in [5.74, 6) is 0.0208. The molecule has 1 aliphatic heterocycles. The van der Waals surface area contributed by atoms with Crippen LogP contribution in [-0.2, 0) is 4.79 Å². The molecule has 2 unspecified atom stereocenters. The van der Waals surface area contributed by atoms with E-state index < -0.39 is 5.97 Å². The van der Waals surface area contributed by atoms with Gasteiger partial charge in [0.25, 0.3) is 0 Å². The van der Waals surface area contributed by atoms with Gasteiger partial charge in [0, 0.05) is 25.0 Å². The number of hydrogen-bond donors (Lipinski definition) is 2. The number of nitrogens with one attached hydrogen (secondary N) is 1. The average Bonchev–Trinajstić information content (AvgIpc) is 3.20. The van der Waals surface area contributed by atoms with Crippen molar-refractivity contribution in [2.45, 2.75) is 70.4 Å². The maximum Gasteiger partial charge on any atom is 0.317 e. The lowest BCUT2D eigenvalue weighted by Crippen LogP contribution is -2.50. The van der Waals surface area contributed by atoms with Crippen LogP contribution >= 0.6 is 0 Å². The lowest BCUT2D eigenvalue weighted by molar-refractivity contribution is -0.137. The van der Waals surface area contributed by atoms with Crippen LogP contribution in [0.15, 0.2) is 0 Å². The monoisotopic (exact) mass is 282 g/mol. The van der Waals surface area contributed by atoms with Gasteiger partial charge in [0.05, 0.1) is 0 Å². The van der Waals surface area contributed by atoms with Gasteiger partial charge in [-0.15, -0.1) is 0 Å². The minimum atomic E-state index is -0.780. The molecule has 1 saturated carbocycles. The van der Waals surface area contributed by atoms with E-state index >= 15 is 0 Å². The predicted molar refractivity (Wildman–Crippen MR) is 76.5 cm³/mol. The van der Waals surface area contributed by atoms with Crippen LogP contribution in [-0.4, -0.2) is 40.6 Å². The molecule has 0 radical (unpaired) electrons. The van der Waals surface area contributed by atoms with E-state index in [0.717, 1.165) is 38.1 Å². The summed E-state index contributed by atoms with van der Waals surface area (Å²) in [7, 11) is 0. The molecule has 0 aromatic heterocycles. The maximum absolute atomic E-state index is 12.3. The molecule has 114 valence electrons. The highest BCUT2D eigenvalue weighted by Crippen LogP contribution is 2.33. The first-order chi connectivity index (χ1) is 9.56. The van der Waals surface area contributed by atoms with Gasteiger partial charge in [-0.05, 0) is 44.9 Å². The molecule has 2 aliphatic rings. The highest BCUT2D eigenvalue weighted by Gasteiger charge is 2.29. The molecule has 2 fully saturated rings. The maximum atomic E-state index is 12.3. The van der Waals surface area contributed by atoms with E-state index in [2.05, 4.69) is 12.2 Å². The number of rotatable bonds is 6. The summed E-state index contributed by atoms with van der Waals surface area (Å²) < 4.78 is 0. The van der Waals surface area contributed by atoms with Gasteiger partial charge in [-0.25, -0.2) is 4.79 Å². The van der Waals surface area contributed by atoms with Crippen LogP contribution in [0.4, 0.5) is 4.79 Å². The van der Waals surface area contributed by atoms with E-state index in [4.69, 9.17) is 5.11 Å². The molecule has 2 amide bonds. The summed E-state index contributed by atoms with van der Waals surface area (Å²) in [4.78, 5) is 24.9. The fourth-order valence-electron chi connectivity index (χ4n) is 3.06. The van der Waals surface area contributed by atoms with E-state index in [-0.39, 0.29) is 24.5 Å². The van der Waals surface area contributed by atoms with Gasteiger partial charge in [0.15, 0.2) is 0 Å². The smallest absolute Gasteiger partial charge is 0.317 e. The Balaban J connectivity index is 1.81.